The van der Waals surface area contributed by atoms with E-state index in [0.29, 0.717) is 5.82 Å². The number of hydrazine groups is 1. The van der Waals surface area contributed by atoms with Crippen molar-refractivity contribution in [3.05, 3.63) is 42.2 Å². The zero-order valence-corrected chi connectivity index (χ0v) is 8.33. The number of nitrogens with zero attached hydrogens (tertiary/aromatic N) is 4. The van der Waals surface area contributed by atoms with E-state index in [2.05, 4.69) is 20.5 Å². The van der Waals surface area contributed by atoms with Gasteiger partial charge in [-0.3, -0.25) is 10.5 Å². The van der Waals surface area contributed by atoms with Gasteiger partial charge in [0.05, 0.1) is 5.69 Å². The molecule has 0 spiro atoms. The standard InChI is InChI=1S/C9H12N6/c1-15-6-3-7(14-15)8(13-10)9-11-4-2-5-12-9/h2-6,8,13H,10H2,1H3. The van der Waals surface area contributed by atoms with Gasteiger partial charge in [-0.1, -0.05) is 0 Å². The molecule has 0 saturated carbocycles. The third-order valence-corrected chi connectivity index (χ3v) is 2.04. The van der Waals surface area contributed by atoms with E-state index in [0.717, 1.165) is 5.69 Å². The van der Waals surface area contributed by atoms with Gasteiger partial charge in [-0.25, -0.2) is 15.4 Å². The topological polar surface area (TPSA) is 81.7 Å². The third kappa shape index (κ3) is 2.00. The quantitative estimate of drug-likeness (QED) is 0.533. The first-order chi connectivity index (χ1) is 7.31. The van der Waals surface area contributed by atoms with Crippen LogP contribution in [0.5, 0.6) is 0 Å². The first-order valence-electron chi connectivity index (χ1n) is 4.54. The molecule has 3 N–H and O–H groups in total. The molecule has 78 valence electrons. The highest BCUT2D eigenvalue weighted by atomic mass is 15.3. The summed E-state index contributed by atoms with van der Waals surface area (Å²) >= 11 is 0. The maximum absolute atomic E-state index is 5.47. The second-order valence-corrected chi connectivity index (χ2v) is 3.12. The van der Waals surface area contributed by atoms with Crippen LogP contribution in [0.25, 0.3) is 0 Å². The maximum atomic E-state index is 5.47. The Hall–Kier alpha value is -1.79. The molecular weight excluding hydrogens is 192 g/mol. The average Bonchev–Trinajstić information content (AvgIpc) is 2.68. The van der Waals surface area contributed by atoms with Crippen molar-refractivity contribution in [1.29, 1.82) is 0 Å². The molecular formula is C9H12N6. The van der Waals surface area contributed by atoms with Crippen molar-refractivity contribution in [3.8, 4) is 0 Å². The van der Waals surface area contributed by atoms with Gasteiger partial charge < -0.3 is 0 Å². The van der Waals surface area contributed by atoms with Crippen LogP contribution in [0, 0.1) is 0 Å². The van der Waals surface area contributed by atoms with Crippen molar-refractivity contribution in [1.82, 2.24) is 25.2 Å². The lowest BCUT2D eigenvalue weighted by Crippen LogP contribution is -2.30. The van der Waals surface area contributed by atoms with Crippen LogP contribution in [-0.2, 0) is 7.05 Å². The number of nitrogens with one attached hydrogen (secondary N) is 1. The zero-order valence-electron chi connectivity index (χ0n) is 8.33. The van der Waals surface area contributed by atoms with Crippen molar-refractivity contribution >= 4 is 0 Å². The Morgan fingerprint density at radius 3 is 2.67 bits per heavy atom. The van der Waals surface area contributed by atoms with E-state index in [9.17, 15) is 0 Å². The predicted octanol–water partition coefficient (Wildman–Crippen LogP) is -0.237. The number of aryl methyl sites for hydroxylation is 1. The Morgan fingerprint density at radius 1 is 1.40 bits per heavy atom. The van der Waals surface area contributed by atoms with Crippen molar-refractivity contribution in [3.63, 3.8) is 0 Å². The number of hydrogen-bond donors (Lipinski definition) is 2. The first kappa shape index (κ1) is 9.75. The van der Waals surface area contributed by atoms with E-state index < -0.39 is 0 Å². The van der Waals surface area contributed by atoms with Gasteiger partial charge in [0.15, 0.2) is 5.82 Å². The number of hydrogen-bond acceptors (Lipinski definition) is 5. The molecule has 0 radical (unpaired) electrons. The van der Waals surface area contributed by atoms with Gasteiger partial charge >= 0.3 is 0 Å². The van der Waals surface area contributed by atoms with Gasteiger partial charge in [0, 0.05) is 25.6 Å². The molecule has 1 atom stereocenters. The lowest BCUT2D eigenvalue weighted by Gasteiger charge is -2.10. The summed E-state index contributed by atoms with van der Waals surface area (Å²) in [6.07, 6.45) is 5.20. The molecule has 6 heteroatoms. The van der Waals surface area contributed by atoms with Crippen LogP contribution >= 0.6 is 0 Å². The van der Waals surface area contributed by atoms with Crippen molar-refractivity contribution in [2.24, 2.45) is 12.9 Å². The summed E-state index contributed by atoms with van der Waals surface area (Å²) in [6, 6.07) is 3.36. The molecule has 2 aromatic rings. The molecule has 0 aliphatic rings. The number of aromatic nitrogens is 4. The van der Waals surface area contributed by atoms with E-state index in [1.165, 1.54) is 0 Å². The molecule has 0 amide bonds. The van der Waals surface area contributed by atoms with Crippen LogP contribution in [0.1, 0.15) is 17.6 Å². The van der Waals surface area contributed by atoms with Crippen LogP contribution in [0.3, 0.4) is 0 Å². The molecule has 0 aliphatic heterocycles. The largest absolute Gasteiger partial charge is 0.275 e. The van der Waals surface area contributed by atoms with Crippen LogP contribution in [0.2, 0.25) is 0 Å². The zero-order chi connectivity index (χ0) is 10.7. The summed E-state index contributed by atoms with van der Waals surface area (Å²) < 4.78 is 1.71. The minimum atomic E-state index is -0.271. The average molecular weight is 204 g/mol. The molecule has 2 heterocycles. The Balaban J connectivity index is 2.33. The fourth-order valence-corrected chi connectivity index (χ4v) is 1.34. The van der Waals surface area contributed by atoms with Gasteiger partial charge in [-0.15, -0.1) is 0 Å². The molecule has 1 unspecified atom stereocenters. The summed E-state index contributed by atoms with van der Waals surface area (Å²) in [5.41, 5.74) is 3.44. The van der Waals surface area contributed by atoms with Gasteiger partial charge in [-0.2, -0.15) is 5.10 Å². The maximum Gasteiger partial charge on any atom is 0.152 e. The predicted molar refractivity (Wildman–Crippen MR) is 54.4 cm³/mol. The monoisotopic (exact) mass is 204 g/mol. The molecule has 15 heavy (non-hydrogen) atoms. The van der Waals surface area contributed by atoms with Gasteiger partial charge in [0.25, 0.3) is 0 Å². The number of rotatable bonds is 3. The Bertz CT molecular complexity index is 423. The molecule has 2 aromatic heterocycles. The fraction of sp³-hybridized carbons (Fsp3) is 0.222. The Kier molecular flexibility index (Phi) is 2.70. The highest BCUT2D eigenvalue weighted by Gasteiger charge is 2.16. The fourth-order valence-electron chi connectivity index (χ4n) is 1.34. The molecule has 0 saturated heterocycles. The lowest BCUT2D eigenvalue weighted by atomic mass is 10.2. The summed E-state index contributed by atoms with van der Waals surface area (Å²) in [7, 11) is 1.85. The van der Waals surface area contributed by atoms with Crippen LogP contribution in [0.15, 0.2) is 30.7 Å². The molecule has 0 bridgehead atoms. The van der Waals surface area contributed by atoms with Crippen LogP contribution in [-0.4, -0.2) is 19.7 Å². The van der Waals surface area contributed by atoms with E-state index in [1.54, 1.807) is 23.1 Å². The van der Waals surface area contributed by atoms with E-state index in [4.69, 9.17) is 5.84 Å². The molecule has 2 rings (SSSR count). The SMILES string of the molecule is Cn1ccc(C(NN)c2ncccn2)n1. The molecule has 0 aliphatic carbocycles. The van der Waals surface area contributed by atoms with E-state index in [-0.39, 0.29) is 6.04 Å². The smallest absolute Gasteiger partial charge is 0.152 e. The molecule has 6 nitrogen and oxygen atoms in total. The minimum Gasteiger partial charge on any atom is -0.275 e. The highest BCUT2D eigenvalue weighted by Crippen LogP contribution is 2.14. The van der Waals surface area contributed by atoms with Crippen molar-refractivity contribution in [2.75, 3.05) is 0 Å². The summed E-state index contributed by atoms with van der Waals surface area (Å²) in [4.78, 5) is 8.27. The Morgan fingerprint density at radius 2 is 2.13 bits per heavy atom. The normalized spacial score (nSPS) is 12.7. The van der Waals surface area contributed by atoms with Gasteiger partial charge in [0.2, 0.25) is 0 Å². The van der Waals surface area contributed by atoms with Crippen LogP contribution in [0.4, 0.5) is 0 Å². The highest BCUT2D eigenvalue weighted by molar-refractivity contribution is 5.14. The first-order valence-corrected chi connectivity index (χ1v) is 4.54. The van der Waals surface area contributed by atoms with Gasteiger partial charge in [-0.05, 0) is 12.1 Å². The number of nitrogens with two attached hydrogens (primary N) is 1. The summed E-state index contributed by atoms with van der Waals surface area (Å²) in [5.74, 6) is 6.08. The van der Waals surface area contributed by atoms with E-state index in [1.807, 2.05) is 19.3 Å². The van der Waals surface area contributed by atoms with Crippen molar-refractivity contribution in [2.45, 2.75) is 6.04 Å². The second-order valence-electron chi connectivity index (χ2n) is 3.12. The van der Waals surface area contributed by atoms with E-state index >= 15 is 0 Å². The summed E-state index contributed by atoms with van der Waals surface area (Å²) in [6.45, 7) is 0. The minimum absolute atomic E-state index is 0.271. The summed E-state index contributed by atoms with van der Waals surface area (Å²) in [5, 5.41) is 4.25. The van der Waals surface area contributed by atoms with Gasteiger partial charge in [0.1, 0.15) is 6.04 Å². The second kappa shape index (κ2) is 4.16. The lowest BCUT2D eigenvalue weighted by molar-refractivity contribution is 0.574. The Labute approximate surface area is 87.1 Å². The van der Waals surface area contributed by atoms with Crippen molar-refractivity contribution < 1.29 is 0 Å². The van der Waals surface area contributed by atoms with Crippen LogP contribution < -0.4 is 11.3 Å². The third-order valence-electron chi connectivity index (χ3n) is 2.04. The molecule has 0 fully saturated rings. The molecule has 0 aromatic carbocycles.